The van der Waals surface area contributed by atoms with E-state index in [1.165, 1.54) is 6.33 Å². The number of rotatable bonds is 15. The highest BCUT2D eigenvalue weighted by atomic mass is 31.2. The Morgan fingerprint density at radius 1 is 1.08 bits per heavy atom. The number of imidazole rings is 1. The van der Waals surface area contributed by atoms with Gasteiger partial charge in [-0.2, -0.15) is 0 Å². The highest BCUT2D eigenvalue weighted by molar-refractivity contribution is 7.53. The van der Waals surface area contributed by atoms with Crippen LogP contribution in [-0.2, 0) is 43.8 Å². The van der Waals surface area contributed by atoms with Gasteiger partial charge >= 0.3 is 19.9 Å². The smallest absolute Gasteiger partial charge is 0.432 e. The van der Waals surface area contributed by atoms with Crippen molar-refractivity contribution in [2.45, 2.75) is 78.2 Å². The minimum absolute atomic E-state index is 0.155. The first kappa shape index (κ1) is 30.5. The summed E-state index contributed by atoms with van der Waals surface area (Å²) in [7, 11) is -4.11. The number of carbonyl (C=O) groups is 2. The number of hydrogen-bond donors (Lipinski definition) is 1. The highest BCUT2D eigenvalue weighted by Gasteiger charge is 2.56. The van der Waals surface area contributed by atoms with Crippen LogP contribution in [-0.4, -0.2) is 69.6 Å². The van der Waals surface area contributed by atoms with E-state index in [1.807, 2.05) is 0 Å². The van der Waals surface area contributed by atoms with E-state index in [1.54, 1.807) is 38.6 Å². The molecule has 2 N–H and O–H groups in total. The molecule has 0 amide bonds. The monoisotopic (exact) mass is 573 g/mol. The van der Waals surface area contributed by atoms with Crippen molar-refractivity contribution in [3.05, 3.63) is 12.7 Å². The first-order chi connectivity index (χ1) is 18.5. The van der Waals surface area contributed by atoms with Gasteiger partial charge in [0.05, 0.1) is 30.7 Å². The zero-order valence-electron chi connectivity index (χ0n) is 22.7. The molecule has 15 nitrogen and oxygen atoms in total. The summed E-state index contributed by atoms with van der Waals surface area (Å²) in [4.78, 5) is 35.9. The van der Waals surface area contributed by atoms with Crippen LogP contribution in [0, 0.1) is 5.92 Å². The van der Waals surface area contributed by atoms with Gasteiger partial charge in [0.25, 0.3) is 0 Å². The molecule has 16 heteroatoms. The average molecular weight is 574 g/mol. The quantitative estimate of drug-likeness (QED) is 0.181. The number of anilines is 1. The Morgan fingerprint density at radius 3 is 2.26 bits per heavy atom. The molecule has 0 aliphatic heterocycles. The van der Waals surface area contributed by atoms with E-state index < -0.39 is 57.6 Å². The minimum Gasteiger partial charge on any atom is -0.432 e. The van der Waals surface area contributed by atoms with Gasteiger partial charge in [-0.05, 0) is 46.5 Å². The Kier molecular flexibility index (Phi) is 10.5. The molecule has 1 aliphatic carbocycles. The van der Waals surface area contributed by atoms with Crippen LogP contribution >= 0.6 is 7.60 Å². The summed E-state index contributed by atoms with van der Waals surface area (Å²) in [5.41, 5.74) is 6.19. The fourth-order valence-electron chi connectivity index (χ4n) is 3.87. The lowest BCUT2D eigenvalue weighted by molar-refractivity contribution is -0.0408. The summed E-state index contributed by atoms with van der Waals surface area (Å²) in [5.74, 6) is 0.412. The molecule has 0 bridgehead atoms. The van der Waals surface area contributed by atoms with E-state index in [-0.39, 0.29) is 11.7 Å². The van der Waals surface area contributed by atoms with Crippen molar-refractivity contribution >= 4 is 36.9 Å². The Morgan fingerprint density at radius 2 is 1.69 bits per heavy atom. The summed E-state index contributed by atoms with van der Waals surface area (Å²) in [5, 5.41) is 0. The molecule has 1 saturated carbocycles. The third kappa shape index (κ3) is 8.75. The van der Waals surface area contributed by atoms with Crippen LogP contribution in [0.2, 0.25) is 0 Å². The third-order valence-corrected chi connectivity index (χ3v) is 7.15. The van der Waals surface area contributed by atoms with Crippen LogP contribution < -0.4 is 5.73 Å². The van der Waals surface area contributed by atoms with Crippen molar-refractivity contribution in [1.29, 1.82) is 0 Å². The van der Waals surface area contributed by atoms with Gasteiger partial charge in [0.1, 0.15) is 18.2 Å². The van der Waals surface area contributed by atoms with Gasteiger partial charge in [-0.3, -0.25) is 13.6 Å². The summed E-state index contributed by atoms with van der Waals surface area (Å²) >= 11 is 0. The number of aromatic nitrogens is 4. The lowest BCUT2D eigenvalue weighted by atomic mass is 10.1. The maximum absolute atomic E-state index is 13.5. The van der Waals surface area contributed by atoms with E-state index in [9.17, 15) is 14.2 Å². The van der Waals surface area contributed by atoms with E-state index in [4.69, 9.17) is 38.5 Å². The van der Waals surface area contributed by atoms with Crippen LogP contribution in [0.4, 0.5) is 15.4 Å². The number of nitrogens with two attached hydrogens (primary N) is 1. The second kappa shape index (κ2) is 13.4. The van der Waals surface area contributed by atoms with Gasteiger partial charge < -0.3 is 34.0 Å². The summed E-state index contributed by atoms with van der Waals surface area (Å²) in [6, 6.07) is 0. The zero-order valence-corrected chi connectivity index (χ0v) is 23.6. The Hall–Kier alpha value is -3.00. The molecule has 2 atom stereocenters. The normalized spacial score (nSPS) is 18.9. The summed E-state index contributed by atoms with van der Waals surface area (Å²) < 4.78 is 51.4. The number of carbonyl (C=O) groups excluding carboxylic acids is 2. The molecular formula is C23H36N5O10P. The SMILES string of the molecule is CCCC1CC1(Cn1cnc2c(N)ncnc21)OCP(=O)(OCOC(=O)OC(C)C)OCOC(=O)OC(C)C. The molecule has 2 unspecified atom stereocenters. The number of hydrogen-bond acceptors (Lipinski definition) is 14. The molecule has 1 fully saturated rings. The molecule has 2 heterocycles. The van der Waals surface area contributed by atoms with Crippen LogP contribution in [0.1, 0.15) is 53.9 Å². The molecule has 2 aromatic heterocycles. The molecule has 0 radical (unpaired) electrons. The number of ether oxygens (including phenoxy) is 5. The van der Waals surface area contributed by atoms with Gasteiger partial charge in [0.15, 0.2) is 11.5 Å². The predicted octanol–water partition coefficient (Wildman–Crippen LogP) is 4.21. The van der Waals surface area contributed by atoms with E-state index in [2.05, 4.69) is 21.9 Å². The fourth-order valence-corrected chi connectivity index (χ4v) is 4.94. The van der Waals surface area contributed by atoms with Crippen LogP contribution in [0.15, 0.2) is 12.7 Å². The lowest BCUT2D eigenvalue weighted by Crippen LogP contribution is -2.26. The highest BCUT2D eigenvalue weighted by Crippen LogP contribution is 2.56. The predicted molar refractivity (Wildman–Crippen MR) is 136 cm³/mol. The van der Waals surface area contributed by atoms with Crippen molar-refractivity contribution in [3.8, 4) is 0 Å². The van der Waals surface area contributed by atoms with Crippen LogP contribution in [0.25, 0.3) is 11.2 Å². The molecule has 1 aliphatic rings. The van der Waals surface area contributed by atoms with Gasteiger partial charge in [-0.25, -0.2) is 24.5 Å². The Balaban J connectivity index is 1.70. The maximum Gasteiger partial charge on any atom is 0.510 e. The molecule has 3 rings (SSSR count). The van der Waals surface area contributed by atoms with E-state index >= 15 is 0 Å². The standard InChI is InChI=1S/C23H36N5O10P/c1-6-7-17-8-23(17,9-28-11-27-18-19(24)25-10-26-20(18)28)34-14-39(31,35-12-32-21(29)37-15(2)3)36-13-33-22(30)38-16(4)5/h10-11,15-17H,6-9,12-14H2,1-5H3,(H2,24,25,26). The molecule has 0 spiro atoms. The molecule has 0 aromatic carbocycles. The van der Waals surface area contributed by atoms with Crippen molar-refractivity contribution in [2.24, 2.45) is 5.92 Å². The average Bonchev–Trinajstić information content (AvgIpc) is 3.35. The second-order valence-corrected chi connectivity index (χ2v) is 11.6. The molecule has 0 saturated heterocycles. The van der Waals surface area contributed by atoms with Gasteiger partial charge in [0, 0.05) is 0 Å². The number of fused-ring (bicyclic) bond motifs is 1. The van der Waals surface area contributed by atoms with Crippen LogP contribution in [0.5, 0.6) is 0 Å². The summed E-state index contributed by atoms with van der Waals surface area (Å²) in [6.07, 6.45) is 2.03. The Labute approximate surface area is 226 Å². The van der Waals surface area contributed by atoms with Crippen molar-refractivity contribution in [2.75, 3.05) is 25.7 Å². The largest absolute Gasteiger partial charge is 0.510 e. The maximum atomic E-state index is 13.5. The van der Waals surface area contributed by atoms with E-state index in [0.29, 0.717) is 24.1 Å². The van der Waals surface area contributed by atoms with Crippen molar-refractivity contribution in [3.63, 3.8) is 0 Å². The van der Waals surface area contributed by atoms with E-state index in [0.717, 1.165) is 12.8 Å². The minimum atomic E-state index is -4.11. The van der Waals surface area contributed by atoms with Crippen molar-refractivity contribution in [1.82, 2.24) is 19.5 Å². The number of nitrogen functional groups attached to an aromatic ring is 1. The second-order valence-electron chi connectivity index (χ2n) is 9.56. The molecule has 39 heavy (non-hydrogen) atoms. The first-order valence-electron chi connectivity index (χ1n) is 12.6. The molecule has 218 valence electrons. The Bertz CT molecular complexity index is 1140. The number of nitrogens with zero attached hydrogens (tertiary/aromatic N) is 4. The third-order valence-electron chi connectivity index (χ3n) is 5.71. The molecule has 2 aromatic rings. The topological polar surface area (TPSA) is 185 Å². The zero-order chi connectivity index (χ0) is 28.6. The van der Waals surface area contributed by atoms with Gasteiger partial charge in [-0.15, -0.1) is 0 Å². The van der Waals surface area contributed by atoms with Crippen molar-refractivity contribution < 1.29 is 46.9 Å². The van der Waals surface area contributed by atoms with Crippen LogP contribution in [0.3, 0.4) is 0 Å². The summed E-state index contributed by atoms with van der Waals surface area (Å²) in [6.45, 7) is 7.49. The lowest BCUT2D eigenvalue weighted by Gasteiger charge is -2.24. The first-order valence-corrected chi connectivity index (χ1v) is 14.3. The fraction of sp³-hybridized carbons (Fsp3) is 0.696. The van der Waals surface area contributed by atoms with Gasteiger partial charge in [0.2, 0.25) is 13.6 Å². The van der Waals surface area contributed by atoms with Gasteiger partial charge in [-0.1, -0.05) is 13.3 Å². The molecular weight excluding hydrogens is 537 g/mol.